The molecule has 1 heterocycles. The standard InChI is InChI=1S/C64H70N10O8S2/c1-39(2)67-36-43-24-22-42(23-25-43)33-53-59(77)70-52(31-40-14-6-4-7-15-40)60(78)72-55(62(80)68-51(56(66)75)34-44-26-27-45-18-10-12-20-47(45)30-44)38-84-83-37-50(65)58(76)69-54(32-41-16-8-5-9-17-41)61(79)73-57(63(81)71-53)74(3)64(82)49-29-28-46-19-11-13-21-48(46)35-49/h4-30,35,39,50-55,57,67H,31-34,36-38,65H2,1-3H3,(H2,66,75)(H,68,80)(H,69,76)(H,70,77)(H,71,81)(H,72,78)(H,73,79)/t50-,51-,52-,53-,54-,55-,57-/m0/s1. The molecule has 20 heteroatoms. The van der Waals surface area contributed by atoms with Gasteiger partial charge in [0.2, 0.25) is 35.4 Å². The van der Waals surface area contributed by atoms with Gasteiger partial charge in [-0.3, -0.25) is 38.4 Å². The van der Waals surface area contributed by atoms with E-state index < -0.39 is 89.7 Å². The minimum Gasteiger partial charge on any atom is -0.368 e. The molecular weight excluding hydrogens is 1100 g/mol. The van der Waals surface area contributed by atoms with E-state index in [9.17, 15) is 28.8 Å². The zero-order chi connectivity index (χ0) is 59.7. The van der Waals surface area contributed by atoms with Gasteiger partial charge in [0.25, 0.3) is 11.8 Å². The molecule has 8 rings (SSSR count). The lowest BCUT2D eigenvalue weighted by Gasteiger charge is -2.32. The van der Waals surface area contributed by atoms with E-state index in [-0.39, 0.29) is 48.8 Å². The number of rotatable bonds is 16. The lowest BCUT2D eigenvalue weighted by molar-refractivity contribution is -0.137. The summed E-state index contributed by atoms with van der Waals surface area (Å²) in [6.07, 6.45) is -2.02. The van der Waals surface area contributed by atoms with Crippen molar-refractivity contribution >= 4 is 90.4 Å². The summed E-state index contributed by atoms with van der Waals surface area (Å²) >= 11 is 0. The lowest BCUT2D eigenvalue weighted by atomic mass is 10.0. The van der Waals surface area contributed by atoms with Crippen molar-refractivity contribution in [2.75, 3.05) is 18.6 Å². The molecule has 436 valence electrons. The first-order valence-corrected chi connectivity index (χ1v) is 30.2. The van der Waals surface area contributed by atoms with Crippen LogP contribution in [0.25, 0.3) is 21.5 Å². The van der Waals surface area contributed by atoms with Gasteiger partial charge in [-0.2, -0.15) is 0 Å². The third kappa shape index (κ3) is 17.3. The van der Waals surface area contributed by atoms with Crippen molar-refractivity contribution < 1.29 is 38.4 Å². The summed E-state index contributed by atoms with van der Waals surface area (Å²) in [5, 5.41) is 23.7. The Labute approximate surface area is 496 Å². The summed E-state index contributed by atoms with van der Waals surface area (Å²) in [4.78, 5) is 118. The van der Waals surface area contributed by atoms with Gasteiger partial charge >= 0.3 is 0 Å². The van der Waals surface area contributed by atoms with Crippen LogP contribution in [0, 0.1) is 0 Å². The number of fused-ring (bicyclic) bond motifs is 2. The Morgan fingerprint density at radius 3 is 1.58 bits per heavy atom. The van der Waals surface area contributed by atoms with Crippen LogP contribution < -0.4 is 48.7 Å². The topological polar surface area (TPSA) is 276 Å². The van der Waals surface area contributed by atoms with Crippen LogP contribution in [0.15, 0.2) is 170 Å². The van der Waals surface area contributed by atoms with Crippen LogP contribution in [0.4, 0.5) is 0 Å². The average molecular weight is 1170 g/mol. The number of carbonyl (C=O) groups excluding carboxylic acids is 8. The van der Waals surface area contributed by atoms with Gasteiger partial charge in [0.05, 0.1) is 6.04 Å². The molecule has 7 atom stereocenters. The quantitative estimate of drug-likeness (QED) is 0.0601. The summed E-state index contributed by atoms with van der Waals surface area (Å²) in [5.41, 5.74) is 16.2. The molecule has 1 aliphatic heterocycles. The second kappa shape index (κ2) is 29.6. The molecule has 0 aliphatic carbocycles. The maximum Gasteiger partial charge on any atom is 0.264 e. The number of likely N-dealkylation sites (N-methyl/N-ethyl adjacent to an activating group) is 1. The molecule has 1 fully saturated rings. The third-order valence-corrected chi connectivity index (χ3v) is 16.8. The summed E-state index contributed by atoms with van der Waals surface area (Å²) in [5.74, 6) is -6.51. The fraction of sp³-hybridized carbons (Fsp3) is 0.281. The maximum absolute atomic E-state index is 15.2. The van der Waals surface area contributed by atoms with Crippen molar-refractivity contribution in [3.05, 3.63) is 203 Å². The summed E-state index contributed by atoms with van der Waals surface area (Å²) in [6.45, 7) is 4.62. The highest BCUT2D eigenvalue weighted by Crippen LogP contribution is 2.24. The Bertz CT molecular complexity index is 3470. The molecule has 11 N–H and O–H groups in total. The molecule has 0 spiro atoms. The van der Waals surface area contributed by atoms with Gasteiger partial charge in [0, 0.05) is 62.4 Å². The van der Waals surface area contributed by atoms with Gasteiger partial charge in [-0.15, -0.1) is 0 Å². The minimum absolute atomic E-state index is 0.0350. The Morgan fingerprint density at radius 2 is 1.00 bits per heavy atom. The van der Waals surface area contributed by atoms with Crippen molar-refractivity contribution in [3.63, 3.8) is 0 Å². The number of nitrogens with one attached hydrogen (secondary N) is 7. The molecule has 84 heavy (non-hydrogen) atoms. The van der Waals surface area contributed by atoms with Gasteiger partial charge in [0.15, 0.2) is 6.17 Å². The normalized spacial score (nSPS) is 19.9. The van der Waals surface area contributed by atoms with Gasteiger partial charge in [-0.1, -0.05) is 193 Å². The molecule has 0 saturated carbocycles. The molecule has 18 nitrogen and oxygen atoms in total. The van der Waals surface area contributed by atoms with Crippen LogP contribution in [0.3, 0.4) is 0 Å². The number of hydrogen-bond donors (Lipinski definition) is 9. The number of nitrogens with two attached hydrogens (primary N) is 2. The van der Waals surface area contributed by atoms with Gasteiger partial charge in [-0.05, 0) is 61.5 Å². The highest BCUT2D eigenvalue weighted by Gasteiger charge is 2.37. The van der Waals surface area contributed by atoms with Crippen molar-refractivity contribution in [2.24, 2.45) is 11.5 Å². The average Bonchev–Trinajstić information content (AvgIpc) is 3.32. The van der Waals surface area contributed by atoms with Crippen LogP contribution >= 0.6 is 21.6 Å². The van der Waals surface area contributed by atoms with E-state index >= 15 is 9.59 Å². The number of amides is 8. The van der Waals surface area contributed by atoms with Gasteiger partial charge in [-0.25, -0.2) is 0 Å². The first kappa shape index (κ1) is 61.5. The van der Waals surface area contributed by atoms with Crippen LogP contribution in [0.2, 0.25) is 0 Å². The van der Waals surface area contributed by atoms with Crippen molar-refractivity contribution in [2.45, 2.75) is 94.5 Å². The molecule has 0 aromatic heterocycles. The molecule has 1 aliphatic rings. The molecule has 1 saturated heterocycles. The Morgan fingerprint density at radius 1 is 0.536 bits per heavy atom. The molecule has 8 amide bonds. The van der Waals surface area contributed by atoms with Crippen LogP contribution in [0.1, 0.15) is 52.0 Å². The first-order chi connectivity index (χ1) is 40.5. The Kier molecular flexibility index (Phi) is 21.7. The van der Waals surface area contributed by atoms with Crippen LogP contribution in [0.5, 0.6) is 0 Å². The number of nitrogens with zero attached hydrogens (tertiary/aromatic N) is 1. The third-order valence-electron chi connectivity index (χ3n) is 14.3. The Balaban J connectivity index is 1.17. The second-order valence-electron chi connectivity index (χ2n) is 21.1. The lowest BCUT2D eigenvalue weighted by Crippen LogP contribution is -2.64. The maximum atomic E-state index is 15.2. The number of carbonyl (C=O) groups is 8. The van der Waals surface area contributed by atoms with Crippen molar-refractivity contribution in [3.8, 4) is 0 Å². The highest BCUT2D eigenvalue weighted by molar-refractivity contribution is 8.76. The minimum atomic E-state index is -1.80. The van der Waals surface area contributed by atoms with Crippen LogP contribution in [-0.2, 0) is 65.8 Å². The number of primary amides is 1. The predicted molar refractivity (Wildman–Crippen MR) is 330 cm³/mol. The van der Waals surface area contributed by atoms with Crippen molar-refractivity contribution in [1.29, 1.82) is 0 Å². The largest absolute Gasteiger partial charge is 0.368 e. The fourth-order valence-corrected chi connectivity index (χ4v) is 11.8. The fourth-order valence-electron chi connectivity index (χ4n) is 9.56. The van der Waals surface area contributed by atoms with E-state index in [4.69, 9.17) is 11.5 Å². The smallest absolute Gasteiger partial charge is 0.264 e. The SMILES string of the molecule is CC(C)NCc1ccc(C[C@@H]2NC(=O)[C@H](N(C)C(=O)c3ccc4ccccc4c3)NC(=O)[C@H](Cc3ccccc3)NC(=O)[C@@H](N)CSSC[C@@H](C(=O)N[C@@H](Cc3ccc4ccccc4c3)C(N)=O)NC(=O)[C@H](Cc3ccccc3)NC2=O)cc1. The van der Waals surface area contributed by atoms with E-state index in [1.54, 1.807) is 78.9 Å². The van der Waals surface area contributed by atoms with Gasteiger partial charge in [0.1, 0.15) is 30.2 Å². The summed E-state index contributed by atoms with van der Waals surface area (Å²) in [6, 6.07) is 43.2. The zero-order valence-corrected chi connectivity index (χ0v) is 48.6. The zero-order valence-electron chi connectivity index (χ0n) is 46.9. The highest BCUT2D eigenvalue weighted by atomic mass is 33.1. The van der Waals surface area contributed by atoms with E-state index in [1.807, 2.05) is 105 Å². The van der Waals surface area contributed by atoms with E-state index in [0.29, 0.717) is 23.2 Å². The Hall–Kier alpha value is -8.56. The molecule has 7 aromatic rings. The van der Waals surface area contributed by atoms with Crippen molar-refractivity contribution in [1.82, 2.24) is 42.1 Å². The first-order valence-electron chi connectivity index (χ1n) is 27.7. The number of benzene rings is 7. The van der Waals surface area contributed by atoms with Crippen LogP contribution in [-0.4, -0.2) is 119 Å². The second-order valence-corrected chi connectivity index (χ2v) is 23.6. The van der Waals surface area contributed by atoms with E-state index in [0.717, 1.165) is 59.2 Å². The molecule has 0 bridgehead atoms. The summed E-state index contributed by atoms with van der Waals surface area (Å²) in [7, 11) is 3.59. The molecule has 0 radical (unpaired) electrons. The molecule has 0 unspecified atom stereocenters. The summed E-state index contributed by atoms with van der Waals surface area (Å²) < 4.78 is 0. The predicted octanol–water partition coefficient (Wildman–Crippen LogP) is 4.61. The monoisotopic (exact) mass is 1170 g/mol. The van der Waals surface area contributed by atoms with E-state index in [1.165, 1.54) is 7.05 Å². The number of hydrogen-bond acceptors (Lipinski definition) is 12. The van der Waals surface area contributed by atoms with E-state index in [2.05, 4.69) is 37.2 Å². The molecular formula is C64H70N10O8S2. The molecule has 7 aromatic carbocycles. The van der Waals surface area contributed by atoms with Gasteiger partial charge < -0.3 is 53.6 Å².